The number of nitrogens with one attached hydrogen (secondary N) is 1. The summed E-state index contributed by atoms with van der Waals surface area (Å²) in [5, 5.41) is 9.19. The van der Waals surface area contributed by atoms with Crippen LogP contribution in [0.2, 0.25) is 0 Å². The highest BCUT2D eigenvalue weighted by Gasteiger charge is 2.20. The Kier molecular flexibility index (Phi) is 3.14. The molecule has 0 bridgehead atoms. The molecule has 0 saturated carbocycles. The Morgan fingerprint density at radius 2 is 2.22 bits per heavy atom. The molecule has 0 aliphatic heterocycles. The number of H-pyrrole nitrogens is 1. The van der Waals surface area contributed by atoms with Crippen LogP contribution >= 0.6 is 24.4 Å². The van der Waals surface area contributed by atoms with Crippen LogP contribution in [0, 0.1) is 16.0 Å². The molecule has 2 rings (SSSR count). The summed E-state index contributed by atoms with van der Waals surface area (Å²) in [4.78, 5) is 2.77. The highest BCUT2D eigenvalue weighted by Crippen LogP contribution is 2.31. The van der Waals surface area contributed by atoms with Crippen LogP contribution in [0.25, 0.3) is 11.3 Å². The lowest BCUT2D eigenvalue weighted by atomic mass is 10.0. The fourth-order valence-corrected chi connectivity index (χ4v) is 2.12. The lowest BCUT2D eigenvalue weighted by Crippen LogP contribution is -2.16. The van der Waals surface area contributed by atoms with E-state index in [0.29, 0.717) is 16.9 Å². The van der Waals surface area contributed by atoms with Gasteiger partial charge in [0.25, 0.3) is 0 Å². The Hall–Kier alpha value is -2.17. The summed E-state index contributed by atoms with van der Waals surface area (Å²) in [6, 6.07) is 5.39. The minimum atomic E-state index is 0.0710. The maximum atomic E-state index is 9.19. The van der Waals surface area contributed by atoms with Crippen LogP contribution in [0.4, 0.5) is 5.82 Å². The molecular formula is C11H8N4OS2. The number of nitrogen functional groups attached to an aromatic ring is 1. The van der Waals surface area contributed by atoms with Gasteiger partial charge in [0.15, 0.2) is 0 Å². The number of nitriles is 1. The number of rotatable bonds is 2. The molecule has 0 unspecified atom stereocenters. The van der Waals surface area contributed by atoms with Gasteiger partial charge in [-0.25, -0.2) is 0 Å². The first-order valence-corrected chi connectivity index (χ1v) is 5.67. The molecule has 0 aliphatic rings. The van der Waals surface area contributed by atoms with Crippen molar-refractivity contribution in [3.63, 3.8) is 0 Å². The van der Waals surface area contributed by atoms with E-state index >= 15 is 0 Å². The molecule has 2 heterocycles. The van der Waals surface area contributed by atoms with Gasteiger partial charge in [0.1, 0.15) is 27.3 Å². The maximum Gasteiger partial charge on any atom is 0.136 e. The molecule has 0 saturated heterocycles. The van der Waals surface area contributed by atoms with Crippen molar-refractivity contribution in [2.45, 2.75) is 0 Å². The maximum absolute atomic E-state index is 9.19. The largest absolute Gasteiger partial charge is 0.464 e. The van der Waals surface area contributed by atoms with E-state index < -0.39 is 0 Å². The zero-order chi connectivity index (χ0) is 13.3. The second-order valence-electron chi connectivity index (χ2n) is 3.45. The molecule has 90 valence electrons. The van der Waals surface area contributed by atoms with E-state index in [-0.39, 0.29) is 21.0 Å². The Balaban J connectivity index is 2.96. The SMILES string of the molecule is N#Cc1c(-c2ccco2)c(C(N)=S)c(N)[nH]c1=S. The third-order valence-electron chi connectivity index (χ3n) is 2.37. The zero-order valence-electron chi connectivity index (χ0n) is 9.06. The number of anilines is 1. The van der Waals surface area contributed by atoms with E-state index in [0.717, 1.165) is 0 Å². The topological polar surface area (TPSA) is 105 Å². The van der Waals surface area contributed by atoms with E-state index in [1.54, 1.807) is 12.1 Å². The number of hydrogen-bond donors (Lipinski definition) is 3. The van der Waals surface area contributed by atoms with Crippen molar-refractivity contribution < 1.29 is 4.42 Å². The van der Waals surface area contributed by atoms with Gasteiger partial charge in [0.05, 0.1) is 23.0 Å². The van der Waals surface area contributed by atoms with Gasteiger partial charge in [-0.15, -0.1) is 0 Å². The van der Waals surface area contributed by atoms with Crippen molar-refractivity contribution >= 4 is 35.2 Å². The normalized spacial score (nSPS) is 9.94. The molecule has 2 aromatic rings. The average Bonchev–Trinajstić information content (AvgIpc) is 2.80. The Bertz CT molecular complexity index is 710. The molecule has 7 heteroatoms. The molecule has 2 aromatic heterocycles. The third-order valence-corrected chi connectivity index (χ3v) is 2.88. The summed E-state index contributed by atoms with van der Waals surface area (Å²) in [6.07, 6.45) is 1.48. The zero-order valence-corrected chi connectivity index (χ0v) is 10.7. The molecule has 0 aromatic carbocycles. The predicted octanol–water partition coefficient (Wildman–Crippen LogP) is 2.09. The van der Waals surface area contributed by atoms with E-state index in [2.05, 4.69) is 4.98 Å². The number of furan rings is 1. The van der Waals surface area contributed by atoms with Crippen LogP contribution in [-0.4, -0.2) is 9.97 Å². The summed E-state index contributed by atoms with van der Waals surface area (Å²) in [6.45, 7) is 0. The van der Waals surface area contributed by atoms with Crippen LogP contribution < -0.4 is 11.5 Å². The minimum Gasteiger partial charge on any atom is -0.464 e. The molecule has 0 radical (unpaired) electrons. The van der Waals surface area contributed by atoms with E-state index in [1.165, 1.54) is 6.26 Å². The number of hydrogen-bond acceptors (Lipinski definition) is 5. The van der Waals surface area contributed by atoms with Gasteiger partial charge in [0.2, 0.25) is 0 Å². The number of thiocarbonyl (C=S) groups is 1. The van der Waals surface area contributed by atoms with Gasteiger partial charge in [-0.3, -0.25) is 0 Å². The minimum absolute atomic E-state index is 0.0710. The smallest absolute Gasteiger partial charge is 0.136 e. The van der Waals surface area contributed by atoms with Crippen molar-refractivity contribution in [1.82, 2.24) is 4.98 Å². The number of nitrogens with zero attached hydrogens (tertiary/aromatic N) is 1. The van der Waals surface area contributed by atoms with Gasteiger partial charge in [-0.05, 0) is 12.1 Å². The fourth-order valence-electron chi connectivity index (χ4n) is 1.65. The summed E-state index contributed by atoms with van der Waals surface area (Å²) in [7, 11) is 0. The summed E-state index contributed by atoms with van der Waals surface area (Å²) < 4.78 is 5.50. The molecule has 18 heavy (non-hydrogen) atoms. The van der Waals surface area contributed by atoms with Crippen LogP contribution in [0.15, 0.2) is 22.8 Å². The molecule has 0 atom stereocenters. The summed E-state index contributed by atoms with van der Waals surface area (Å²) in [5.41, 5.74) is 12.5. The molecule has 0 amide bonds. The van der Waals surface area contributed by atoms with Crippen molar-refractivity contribution in [1.29, 1.82) is 5.26 Å². The first kappa shape index (κ1) is 12.3. The van der Waals surface area contributed by atoms with Crippen molar-refractivity contribution in [2.24, 2.45) is 5.73 Å². The van der Waals surface area contributed by atoms with Crippen LogP contribution in [0.3, 0.4) is 0 Å². The molecule has 0 spiro atoms. The second kappa shape index (κ2) is 4.60. The standard InChI is InChI=1S/C11H8N4OS2/c12-4-5-7(6-2-1-3-16-6)8(10(14)17)9(13)15-11(5)18/h1-3H,(H2,14,17)(H3,13,15,18). The van der Waals surface area contributed by atoms with E-state index in [9.17, 15) is 5.26 Å². The lowest BCUT2D eigenvalue weighted by molar-refractivity contribution is 0.582. The number of aromatic nitrogens is 1. The van der Waals surface area contributed by atoms with Crippen LogP contribution in [0.1, 0.15) is 11.1 Å². The molecule has 0 fully saturated rings. The van der Waals surface area contributed by atoms with Gasteiger partial charge in [0, 0.05) is 0 Å². The second-order valence-corrected chi connectivity index (χ2v) is 4.29. The van der Waals surface area contributed by atoms with E-state index in [1.807, 2.05) is 6.07 Å². The van der Waals surface area contributed by atoms with Crippen molar-refractivity contribution in [3.05, 3.63) is 34.2 Å². The van der Waals surface area contributed by atoms with Gasteiger partial charge >= 0.3 is 0 Å². The number of pyridine rings is 1. The molecule has 5 nitrogen and oxygen atoms in total. The van der Waals surface area contributed by atoms with Gasteiger partial charge < -0.3 is 20.9 Å². The average molecular weight is 276 g/mol. The predicted molar refractivity (Wildman–Crippen MR) is 74.3 cm³/mol. The number of nitrogens with two attached hydrogens (primary N) is 2. The highest BCUT2D eigenvalue weighted by atomic mass is 32.1. The Morgan fingerprint density at radius 3 is 2.72 bits per heavy atom. The third kappa shape index (κ3) is 1.88. The lowest BCUT2D eigenvalue weighted by Gasteiger charge is -2.11. The monoisotopic (exact) mass is 276 g/mol. The molecule has 5 N–H and O–H groups in total. The van der Waals surface area contributed by atoms with Crippen molar-refractivity contribution in [3.8, 4) is 17.4 Å². The van der Waals surface area contributed by atoms with Crippen molar-refractivity contribution in [2.75, 3.05) is 5.73 Å². The quantitative estimate of drug-likeness (QED) is 0.725. The Morgan fingerprint density at radius 1 is 1.50 bits per heavy atom. The molecular weight excluding hydrogens is 268 g/mol. The summed E-state index contributed by atoms with van der Waals surface area (Å²) in [5.74, 6) is 0.666. The number of aromatic amines is 1. The van der Waals surface area contributed by atoms with Gasteiger partial charge in [-0.2, -0.15) is 5.26 Å². The van der Waals surface area contributed by atoms with Gasteiger partial charge in [-0.1, -0.05) is 24.4 Å². The fraction of sp³-hybridized carbons (Fsp3) is 0. The van der Waals surface area contributed by atoms with Crippen LogP contribution in [0.5, 0.6) is 0 Å². The first-order chi connectivity index (χ1) is 8.56. The summed E-state index contributed by atoms with van der Waals surface area (Å²) >= 11 is 10.0. The first-order valence-electron chi connectivity index (χ1n) is 4.85. The molecule has 0 aliphatic carbocycles. The Labute approximate surface area is 113 Å². The van der Waals surface area contributed by atoms with E-state index in [4.69, 9.17) is 40.3 Å². The highest BCUT2D eigenvalue weighted by molar-refractivity contribution is 7.80. The van der Waals surface area contributed by atoms with Crippen LogP contribution in [-0.2, 0) is 0 Å².